The largest absolute Gasteiger partial charge is 0.592 e. The normalized spacial score (nSPS) is 16.1. The van der Waals surface area contributed by atoms with Crippen molar-refractivity contribution in [3.63, 3.8) is 0 Å². The summed E-state index contributed by atoms with van der Waals surface area (Å²) in [6.07, 6.45) is 8.48. The summed E-state index contributed by atoms with van der Waals surface area (Å²) in [6.45, 7) is 25.7. The van der Waals surface area contributed by atoms with E-state index in [-0.39, 0.29) is 0 Å². The fraction of sp³-hybridized carbons (Fsp3) is 0.214. The Morgan fingerprint density at radius 3 is 0.952 bits per heavy atom. The lowest BCUT2D eigenvalue weighted by Crippen LogP contribution is -2.61. The molecule has 6 bridgehead atoms. The van der Waals surface area contributed by atoms with Gasteiger partial charge in [0, 0.05) is 44.4 Å². The van der Waals surface area contributed by atoms with Crippen LogP contribution in [0.15, 0.2) is 118 Å². The van der Waals surface area contributed by atoms with Crippen LogP contribution in [0.4, 0.5) is 0 Å². The fourth-order valence-corrected chi connectivity index (χ4v) is 13.8. The second-order valence-electron chi connectivity index (χ2n) is 18.5. The molecule has 0 spiro atoms. The minimum Gasteiger partial charge on any atom is -0.377 e. The Morgan fingerprint density at radius 2 is 0.651 bits per heavy atom. The zero-order valence-corrected chi connectivity index (χ0v) is 39.4. The molecule has 6 heterocycles. The number of aliphatic imine (C=N–C) groups is 2. The Morgan fingerprint density at radius 1 is 0.365 bits per heavy atom. The van der Waals surface area contributed by atoms with Crippen molar-refractivity contribution in [2.24, 2.45) is 9.98 Å². The predicted molar refractivity (Wildman–Crippen MR) is 262 cm³/mol. The molecule has 63 heavy (non-hydrogen) atoms. The summed E-state index contributed by atoms with van der Waals surface area (Å²) in [6, 6.07) is 26.0. The van der Waals surface area contributed by atoms with Crippen molar-refractivity contribution in [3.8, 4) is 0 Å². The molecule has 2 aromatic heterocycles. The number of rotatable bonds is 4. The average molecular weight is 843 g/mol. The van der Waals surface area contributed by atoms with Crippen LogP contribution in [0.5, 0.6) is 0 Å². The van der Waals surface area contributed by atoms with Crippen LogP contribution in [-0.2, 0) is 0 Å². The van der Waals surface area contributed by atoms with Crippen molar-refractivity contribution in [1.82, 2.24) is 8.47 Å². The molecule has 6 nitrogen and oxygen atoms in total. The molecule has 2 N–H and O–H groups in total. The van der Waals surface area contributed by atoms with Crippen LogP contribution in [0, 0.1) is 83.1 Å². The molecule has 314 valence electrons. The molecule has 0 atom stereocenters. The average Bonchev–Trinajstić information content (AvgIpc) is 4.01. The molecular weight excluding hydrogens is 789 g/mol. The molecule has 0 fully saturated rings. The molecule has 0 radical (unpaired) electrons. The molecule has 4 aromatic carbocycles. The van der Waals surface area contributed by atoms with Gasteiger partial charge in [-0.3, -0.25) is 0 Å². The van der Waals surface area contributed by atoms with Crippen molar-refractivity contribution < 1.29 is 9.59 Å². The summed E-state index contributed by atoms with van der Waals surface area (Å²) >= 11 is 0. The van der Waals surface area contributed by atoms with Crippen LogP contribution in [0.1, 0.15) is 100 Å². The summed E-state index contributed by atoms with van der Waals surface area (Å²) in [5, 5.41) is 1.38. The van der Waals surface area contributed by atoms with E-state index in [0.29, 0.717) is 22.1 Å². The van der Waals surface area contributed by atoms with E-state index in [1.807, 2.05) is 8.47 Å². The third-order valence-electron chi connectivity index (χ3n) is 13.4. The van der Waals surface area contributed by atoms with Gasteiger partial charge in [-0.05, 0) is 198 Å². The van der Waals surface area contributed by atoms with Gasteiger partial charge in [0.15, 0.2) is 0 Å². The first-order chi connectivity index (χ1) is 29.9. The number of nitrogens with zero attached hydrogens (tertiary/aromatic N) is 4. The van der Waals surface area contributed by atoms with Crippen LogP contribution >= 0.6 is 0 Å². The smallest absolute Gasteiger partial charge is 0.377 e. The molecule has 0 saturated heterocycles. The maximum absolute atomic E-state index is 14.1. The Labute approximate surface area is 371 Å². The van der Waals surface area contributed by atoms with Gasteiger partial charge in [-0.2, -0.15) is 0 Å². The highest BCUT2D eigenvalue weighted by atomic mass is 28.4. The quantitative estimate of drug-likeness (QED) is 0.174. The number of hydrogen-bond donors (Lipinski definition) is 2. The highest BCUT2D eigenvalue weighted by Gasteiger charge is 2.46. The van der Waals surface area contributed by atoms with Gasteiger partial charge in [-0.1, -0.05) is 70.8 Å². The van der Waals surface area contributed by atoms with Crippen LogP contribution in [0.25, 0.3) is 22.3 Å². The second kappa shape index (κ2) is 14.3. The summed E-state index contributed by atoms with van der Waals surface area (Å²) in [7, 11) is -4.96. The van der Waals surface area contributed by atoms with Gasteiger partial charge in [0.25, 0.3) is 0 Å². The molecule has 4 aliphatic rings. The lowest BCUT2D eigenvalue weighted by atomic mass is 9.90. The second-order valence-corrected chi connectivity index (χ2v) is 20.6. The highest BCUT2D eigenvalue weighted by molar-refractivity contribution is 6.62. The summed E-state index contributed by atoms with van der Waals surface area (Å²) in [5.74, 6) is 0. The SMILES string of the molecule is Cc1cc(C)c(C2=C3C=CC(=N3)C(c3c(C)cc(C)cc3C)=c3ccc4n3[Si](O)(O)n3c2ccc3C(c2c(C)cc(C)cc2C)=C2C=CC(=N2)C=4c2c(C)cc(C)cc2C)c(C)c1. The van der Waals surface area contributed by atoms with Crippen LogP contribution in [0.3, 0.4) is 0 Å². The van der Waals surface area contributed by atoms with E-state index in [1.54, 1.807) is 0 Å². The van der Waals surface area contributed by atoms with Crippen molar-refractivity contribution in [2.45, 2.75) is 83.1 Å². The Balaban J connectivity index is 1.52. The van der Waals surface area contributed by atoms with Crippen LogP contribution in [-0.4, -0.2) is 38.4 Å². The number of aromatic nitrogens is 2. The molecule has 7 heteroatoms. The number of allylic oxidation sites excluding steroid dienone is 4. The predicted octanol–water partition coefficient (Wildman–Crippen LogP) is 9.77. The van der Waals surface area contributed by atoms with Gasteiger partial charge < -0.3 is 18.1 Å². The molecule has 6 aromatic rings. The first-order valence-corrected chi connectivity index (χ1v) is 23.7. The molecular formula is C56H54N4O2Si. The minimum absolute atomic E-state index is 0.689. The monoisotopic (exact) mass is 842 g/mol. The van der Waals surface area contributed by atoms with Gasteiger partial charge in [0.2, 0.25) is 0 Å². The van der Waals surface area contributed by atoms with Gasteiger partial charge >= 0.3 is 8.88 Å². The number of fused-ring (bicyclic) bond motifs is 2. The third-order valence-corrected chi connectivity index (χ3v) is 15.6. The van der Waals surface area contributed by atoms with Gasteiger partial charge in [-0.25, -0.2) is 9.98 Å². The number of benzene rings is 4. The molecule has 0 amide bonds. The Bertz CT molecular complexity index is 3120. The number of hydrogen-bond acceptors (Lipinski definition) is 4. The van der Waals surface area contributed by atoms with Crippen molar-refractivity contribution >= 4 is 42.6 Å². The van der Waals surface area contributed by atoms with Crippen LogP contribution in [0.2, 0.25) is 0 Å². The van der Waals surface area contributed by atoms with Crippen molar-refractivity contribution in [1.29, 1.82) is 0 Å². The highest BCUT2D eigenvalue weighted by Crippen LogP contribution is 2.43. The van der Waals surface area contributed by atoms with E-state index in [2.05, 4.69) is 180 Å². The first kappa shape index (κ1) is 40.7. The third kappa shape index (κ3) is 6.12. The van der Waals surface area contributed by atoms with Gasteiger partial charge in [0.05, 0.1) is 22.8 Å². The summed E-state index contributed by atoms with van der Waals surface area (Å²) in [4.78, 5) is 39.5. The van der Waals surface area contributed by atoms with E-state index in [4.69, 9.17) is 9.98 Å². The lowest BCUT2D eigenvalue weighted by molar-refractivity contribution is 0.322. The molecule has 0 unspecified atom stereocenters. The lowest BCUT2D eigenvalue weighted by Gasteiger charge is -2.31. The molecule has 10 rings (SSSR count). The Kier molecular flexibility index (Phi) is 9.25. The maximum Gasteiger partial charge on any atom is 0.592 e. The maximum atomic E-state index is 14.1. The minimum atomic E-state index is -4.96. The summed E-state index contributed by atoms with van der Waals surface area (Å²) in [5.41, 5.74) is 25.5. The summed E-state index contributed by atoms with van der Waals surface area (Å²) < 4.78 is 3.78. The van der Waals surface area contributed by atoms with E-state index >= 15 is 0 Å². The zero-order valence-electron chi connectivity index (χ0n) is 38.4. The van der Waals surface area contributed by atoms with E-state index in [1.165, 1.54) is 22.3 Å². The Hall–Kier alpha value is -6.38. The van der Waals surface area contributed by atoms with Crippen LogP contribution < -0.4 is 10.7 Å². The zero-order chi connectivity index (χ0) is 44.5. The first-order valence-electron chi connectivity index (χ1n) is 21.9. The van der Waals surface area contributed by atoms with E-state index in [9.17, 15) is 9.59 Å². The van der Waals surface area contributed by atoms with E-state index in [0.717, 1.165) is 112 Å². The fourth-order valence-electron chi connectivity index (χ4n) is 11.5. The van der Waals surface area contributed by atoms with Gasteiger partial charge in [-0.15, -0.1) is 0 Å². The van der Waals surface area contributed by atoms with Crippen molar-refractivity contribution in [3.05, 3.63) is 220 Å². The standard InChI is InChI=1S/C56H54N4O2Si/c1-29-21-33(5)49(34(6)22-29)53-41-13-14-42(57-41)54(50-35(7)23-30(2)24-36(50)8)47-19-20-48-56(52-39(11)27-32(4)28-40(52)12)44-16-15-43(58-44)55(51-37(9)25-31(3)26-38(51)10)46-18-17-45(53)59(46)63(61,62)60(47)48/h13-28,61-62H,1-12H3. The number of aryl methyl sites for hydroxylation is 12. The van der Waals surface area contributed by atoms with E-state index < -0.39 is 8.88 Å². The molecule has 0 aliphatic carbocycles. The topological polar surface area (TPSA) is 75.0 Å². The molecule has 0 saturated carbocycles. The molecule has 4 aliphatic heterocycles. The van der Waals surface area contributed by atoms with Gasteiger partial charge in [0.1, 0.15) is 0 Å². The van der Waals surface area contributed by atoms with Crippen molar-refractivity contribution in [2.75, 3.05) is 0 Å².